The predicted molar refractivity (Wildman–Crippen MR) is 153 cm³/mol. The van der Waals surface area contributed by atoms with Crippen molar-refractivity contribution >= 4 is 40.1 Å². The van der Waals surface area contributed by atoms with E-state index < -0.39 is 28.0 Å². The molecule has 1 aliphatic rings. The molecule has 3 N–H and O–H groups in total. The fourth-order valence-electron chi connectivity index (χ4n) is 4.64. The number of aromatic nitrogens is 2. The normalized spacial score (nSPS) is 14.8. The summed E-state index contributed by atoms with van der Waals surface area (Å²) in [4.78, 5) is 41.4. The van der Waals surface area contributed by atoms with Gasteiger partial charge in [-0.2, -0.15) is 10.2 Å². The molecule has 0 aliphatic heterocycles. The fourth-order valence-corrected chi connectivity index (χ4v) is 5.93. The summed E-state index contributed by atoms with van der Waals surface area (Å²) in [7, 11) is 1.43. The third-order valence-electron chi connectivity index (χ3n) is 6.91. The van der Waals surface area contributed by atoms with E-state index in [9.17, 15) is 30.1 Å². The number of methoxy groups -OCH3 is 1. The summed E-state index contributed by atoms with van der Waals surface area (Å²) in [6.07, 6.45) is 5.60. The number of rotatable bonds is 8. The molecule has 3 aromatic rings. The van der Waals surface area contributed by atoms with Gasteiger partial charge >= 0.3 is 11.2 Å². The van der Waals surface area contributed by atoms with Crippen molar-refractivity contribution in [1.82, 2.24) is 9.97 Å². The number of aromatic amines is 1. The van der Waals surface area contributed by atoms with E-state index in [4.69, 9.17) is 9.47 Å². The summed E-state index contributed by atoms with van der Waals surface area (Å²) in [5, 5.41) is 33.7. The van der Waals surface area contributed by atoms with Crippen LogP contribution in [0.25, 0.3) is 12.2 Å². The van der Waals surface area contributed by atoms with Crippen LogP contribution in [0.15, 0.2) is 23.0 Å². The molecule has 1 aromatic carbocycles. The molecule has 41 heavy (non-hydrogen) atoms. The number of carbonyl (C=O) groups excluding carboxylic acids is 1. The molecule has 13 heteroatoms. The van der Waals surface area contributed by atoms with Crippen LogP contribution in [0, 0.1) is 32.8 Å². The van der Waals surface area contributed by atoms with E-state index in [1.165, 1.54) is 30.6 Å². The molecular weight excluding hydrogens is 550 g/mol. The van der Waals surface area contributed by atoms with Crippen LogP contribution >= 0.6 is 11.3 Å². The third kappa shape index (κ3) is 6.55. The maximum atomic E-state index is 12.7. The zero-order valence-electron chi connectivity index (χ0n) is 22.9. The third-order valence-corrected chi connectivity index (χ3v) is 8.08. The molecule has 1 aliphatic carbocycles. The van der Waals surface area contributed by atoms with Crippen LogP contribution in [0.1, 0.15) is 54.6 Å². The first-order valence-corrected chi connectivity index (χ1v) is 13.5. The number of anilines is 1. The average molecular weight is 580 g/mol. The highest BCUT2D eigenvalue weighted by molar-refractivity contribution is 7.16. The zero-order chi connectivity index (χ0) is 29.9. The quantitative estimate of drug-likeness (QED) is 0.252. The van der Waals surface area contributed by atoms with Gasteiger partial charge in [0.25, 0.3) is 11.8 Å². The Balaban J connectivity index is 1.42. The Labute approximate surface area is 239 Å². The smallest absolute Gasteiger partial charge is 0.395 e. The number of nitrogens with one attached hydrogen (secondary N) is 2. The Kier molecular flexibility index (Phi) is 8.44. The molecule has 12 nitrogen and oxygen atoms in total. The van der Waals surface area contributed by atoms with E-state index >= 15 is 0 Å². The standard InChI is InChI=1S/C28H29N5O7S/c1-28(2,3)16-7-8-17-18(13-29)27(41-21(17)12-16)32-23(34)14-40-19-9-5-15(11-20(19)39-4)6-10-22-30-25(35)24(33(37)38)26(36)31-22/h5-6,9-11,16H,7-8,12,14H2,1-4H3,(H,32,34)(H2,30,31,35,36)/b10-6+/t16-/m0/s1. The molecule has 2 aromatic heterocycles. The SMILES string of the molecule is COc1cc(/C=C/c2nc(O)c([N+](=O)[O-])c(=O)[nH]2)ccc1OCC(=O)Nc1sc2c(c1C#N)CC[C@H](C(C)(C)C)C2. The monoisotopic (exact) mass is 579 g/mol. The van der Waals surface area contributed by atoms with Crippen LogP contribution < -0.4 is 20.3 Å². The van der Waals surface area contributed by atoms with Crippen molar-refractivity contribution in [1.29, 1.82) is 5.26 Å². The predicted octanol–water partition coefficient (Wildman–Crippen LogP) is 4.66. The lowest BCUT2D eigenvalue weighted by molar-refractivity contribution is -0.387. The number of amides is 1. The number of hydrogen-bond acceptors (Lipinski definition) is 10. The van der Waals surface area contributed by atoms with Crippen molar-refractivity contribution in [3.05, 3.63) is 66.1 Å². The van der Waals surface area contributed by atoms with Gasteiger partial charge in [0.05, 0.1) is 17.6 Å². The molecule has 0 saturated heterocycles. The Hall–Kier alpha value is -4.70. The van der Waals surface area contributed by atoms with E-state index in [1.807, 2.05) is 0 Å². The second-order valence-corrected chi connectivity index (χ2v) is 11.7. The van der Waals surface area contributed by atoms with E-state index in [2.05, 4.69) is 42.1 Å². The maximum Gasteiger partial charge on any atom is 0.395 e. The second kappa shape index (κ2) is 11.8. The van der Waals surface area contributed by atoms with Gasteiger partial charge in [-0.3, -0.25) is 19.7 Å². The van der Waals surface area contributed by atoms with Gasteiger partial charge in [-0.05, 0) is 59.9 Å². The molecule has 0 spiro atoms. The van der Waals surface area contributed by atoms with Crippen molar-refractivity contribution in [2.45, 2.75) is 40.0 Å². The number of carbonyl (C=O) groups is 1. The molecular formula is C28H29N5O7S. The van der Waals surface area contributed by atoms with E-state index in [-0.39, 0.29) is 17.8 Å². The number of aromatic hydroxyl groups is 1. The van der Waals surface area contributed by atoms with Gasteiger partial charge in [0.15, 0.2) is 18.1 Å². The van der Waals surface area contributed by atoms with E-state index in [0.29, 0.717) is 33.5 Å². The fraction of sp³-hybridized carbons (Fsp3) is 0.357. The van der Waals surface area contributed by atoms with Gasteiger partial charge in [-0.15, -0.1) is 11.3 Å². The molecule has 0 saturated carbocycles. The topological polar surface area (TPSA) is 180 Å². The Morgan fingerprint density at radius 3 is 2.76 bits per heavy atom. The summed E-state index contributed by atoms with van der Waals surface area (Å²) in [5.41, 5.74) is 0.195. The van der Waals surface area contributed by atoms with Gasteiger partial charge < -0.3 is 24.9 Å². The first-order valence-electron chi connectivity index (χ1n) is 12.7. The van der Waals surface area contributed by atoms with Crippen LogP contribution in [0.3, 0.4) is 0 Å². The highest BCUT2D eigenvalue weighted by atomic mass is 32.1. The van der Waals surface area contributed by atoms with Crippen molar-refractivity contribution in [2.75, 3.05) is 19.0 Å². The van der Waals surface area contributed by atoms with Crippen LogP contribution in [0.4, 0.5) is 10.7 Å². The van der Waals surface area contributed by atoms with Crippen molar-refractivity contribution in [3.63, 3.8) is 0 Å². The Morgan fingerprint density at radius 2 is 2.12 bits per heavy atom. The van der Waals surface area contributed by atoms with Crippen LogP contribution in [0.2, 0.25) is 0 Å². The highest BCUT2D eigenvalue weighted by Crippen LogP contribution is 2.44. The minimum Gasteiger partial charge on any atom is -0.493 e. The molecule has 0 radical (unpaired) electrons. The number of fused-ring (bicyclic) bond motifs is 1. The molecule has 2 heterocycles. The summed E-state index contributed by atoms with van der Waals surface area (Å²) < 4.78 is 11.1. The molecule has 214 valence electrons. The largest absolute Gasteiger partial charge is 0.493 e. The first kappa shape index (κ1) is 29.3. The lowest BCUT2D eigenvalue weighted by atomic mass is 9.72. The van der Waals surface area contributed by atoms with E-state index in [1.54, 1.807) is 18.2 Å². The van der Waals surface area contributed by atoms with Gasteiger partial charge in [0.1, 0.15) is 16.9 Å². The van der Waals surface area contributed by atoms with Gasteiger partial charge in [-0.1, -0.05) is 32.9 Å². The molecule has 1 amide bonds. The van der Waals surface area contributed by atoms with Gasteiger partial charge in [0.2, 0.25) is 0 Å². The number of thiophene rings is 1. The zero-order valence-corrected chi connectivity index (χ0v) is 23.8. The van der Waals surface area contributed by atoms with Gasteiger partial charge in [-0.25, -0.2) is 0 Å². The summed E-state index contributed by atoms with van der Waals surface area (Å²) in [5.74, 6) is -0.348. The molecule has 0 unspecified atom stereocenters. The number of nitro groups is 1. The number of nitrogens with zero attached hydrogens (tertiary/aromatic N) is 3. The summed E-state index contributed by atoms with van der Waals surface area (Å²) >= 11 is 1.45. The Bertz CT molecular complexity index is 1630. The summed E-state index contributed by atoms with van der Waals surface area (Å²) in [6, 6.07) is 7.11. The molecule has 1 atom stereocenters. The van der Waals surface area contributed by atoms with E-state index in [0.717, 1.165) is 29.7 Å². The number of benzene rings is 1. The highest BCUT2D eigenvalue weighted by Gasteiger charge is 2.32. The number of nitriles is 1. The minimum atomic E-state index is -1.08. The lowest BCUT2D eigenvalue weighted by Gasteiger charge is -2.33. The van der Waals surface area contributed by atoms with Crippen LogP contribution in [0.5, 0.6) is 17.4 Å². The second-order valence-electron chi connectivity index (χ2n) is 10.6. The van der Waals surface area contributed by atoms with Crippen molar-refractivity contribution < 1.29 is 24.3 Å². The number of H-pyrrole nitrogens is 1. The minimum absolute atomic E-state index is 0.0880. The molecule has 0 bridgehead atoms. The lowest BCUT2D eigenvalue weighted by Crippen LogP contribution is -2.26. The van der Waals surface area contributed by atoms with Crippen LogP contribution in [-0.4, -0.2) is 39.6 Å². The molecule has 0 fully saturated rings. The molecule has 4 rings (SSSR count). The van der Waals surface area contributed by atoms with Gasteiger partial charge in [0, 0.05) is 4.88 Å². The van der Waals surface area contributed by atoms with Crippen molar-refractivity contribution in [3.8, 4) is 23.4 Å². The number of hydrogen-bond donors (Lipinski definition) is 3. The Morgan fingerprint density at radius 1 is 1.37 bits per heavy atom. The number of ether oxygens (including phenoxy) is 2. The van der Waals surface area contributed by atoms with Crippen molar-refractivity contribution in [2.24, 2.45) is 11.3 Å². The average Bonchev–Trinajstić information content (AvgIpc) is 3.25. The maximum absolute atomic E-state index is 12.7. The first-order chi connectivity index (χ1) is 19.4. The summed E-state index contributed by atoms with van der Waals surface area (Å²) in [6.45, 7) is 6.37. The van der Waals surface area contributed by atoms with Crippen LogP contribution in [-0.2, 0) is 17.6 Å².